The van der Waals surface area contributed by atoms with Crippen molar-refractivity contribution in [2.45, 2.75) is 0 Å². The normalized spacial score (nSPS) is 10.5. The van der Waals surface area contributed by atoms with Crippen LogP contribution < -0.4 is 4.74 Å². The zero-order valence-electron chi connectivity index (χ0n) is 13.7. The Balaban J connectivity index is 1.46. The van der Waals surface area contributed by atoms with E-state index in [9.17, 15) is 4.79 Å². The van der Waals surface area contributed by atoms with Crippen LogP contribution >= 0.6 is 0 Å². The molecular formula is C20H14N4O2. The van der Waals surface area contributed by atoms with Gasteiger partial charge in [0.15, 0.2) is 0 Å². The number of esters is 1. The van der Waals surface area contributed by atoms with Crippen molar-refractivity contribution in [3.05, 3.63) is 90.8 Å². The predicted molar refractivity (Wildman–Crippen MR) is 96.0 cm³/mol. The lowest BCUT2D eigenvalue weighted by molar-refractivity contribution is 0.0735. The summed E-state index contributed by atoms with van der Waals surface area (Å²) in [6.07, 6.45) is 1.50. The Kier molecular flexibility index (Phi) is 4.22. The second-order valence-corrected chi connectivity index (χ2v) is 5.58. The zero-order chi connectivity index (χ0) is 17.8. The molecule has 4 rings (SSSR count). The third kappa shape index (κ3) is 3.34. The molecule has 1 heterocycles. The van der Waals surface area contributed by atoms with Crippen LogP contribution in [0.1, 0.15) is 10.4 Å². The largest absolute Gasteiger partial charge is 0.423 e. The van der Waals surface area contributed by atoms with Crippen LogP contribution in [0.3, 0.4) is 0 Å². The molecule has 0 aliphatic heterocycles. The quantitative estimate of drug-likeness (QED) is 0.419. The smallest absolute Gasteiger partial charge is 0.343 e. The SMILES string of the molecule is O=C(Oc1ccc(-n2cnnn2)cc1)c1ccc(-c2ccccc2)cc1. The molecule has 0 amide bonds. The van der Waals surface area contributed by atoms with Crippen molar-refractivity contribution in [2.24, 2.45) is 0 Å². The van der Waals surface area contributed by atoms with E-state index in [1.165, 1.54) is 11.0 Å². The highest BCUT2D eigenvalue weighted by Gasteiger charge is 2.09. The van der Waals surface area contributed by atoms with Gasteiger partial charge in [0, 0.05) is 0 Å². The van der Waals surface area contributed by atoms with Crippen molar-refractivity contribution < 1.29 is 9.53 Å². The summed E-state index contributed by atoms with van der Waals surface area (Å²) in [5.74, 6) is 0.0544. The van der Waals surface area contributed by atoms with Crippen molar-refractivity contribution in [1.82, 2.24) is 20.2 Å². The van der Waals surface area contributed by atoms with Gasteiger partial charge in [-0.05, 0) is 58.0 Å². The molecule has 0 atom stereocenters. The van der Waals surface area contributed by atoms with Gasteiger partial charge in [-0.25, -0.2) is 9.48 Å². The average Bonchev–Trinajstić information content (AvgIpc) is 3.24. The minimum atomic E-state index is -0.403. The van der Waals surface area contributed by atoms with E-state index in [2.05, 4.69) is 15.5 Å². The van der Waals surface area contributed by atoms with Gasteiger partial charge in [0.2, 0.25) is 0 Å². The second kappa shape index (κ2) is 6.98. The van der Waals surface area contributed by atoms with Crippen LogP contribution in [0, 0.1) is 0 Å². The Labute approximate surface area is 149 Å². The second-order valence-electron chi connectivity index (χ2n) is 5.58. The zero-order valence-corrected chi connectivity index (χ0v) is 13.7. The van der Waals surface area contributed by atoms with Gasteiger partial charge in [-0.1, -0.05) is 42.5 Å². The molecule has 6 heteroatoms. The fraction of sp³-hybridized carbons (Fsp3) is 0. The molecule has 0 radical (unpaired) electrons. The van der Waals surface area contributed by atoms with Crippen LogP contribution in [0.4, 0.5) is 0 Å². The molecule has 0 fully saturated rings. The Morgan fingerprint density at radius 3 is 2.15 bits per heavy atom. The Hall–Kier alpha value is -3.80. The summed E-state index contributed by atoms with van der Waals surface area (Å²) in [7, 11) is 0. The summed E-state index contributed by atoms with van der Waals surface area (Å²) in [4.78, 5) is 12.3. The van der Waals surface area contributed by atoms with E-state index in [1.54, 1.807) is 36.4 Å². The van der Waals surface area contributed by atoms with Gasteiger partial charge in [-0.3, -0.25) is 0 Å². The number of rotatable bonds is 4. The maximum absolute atomic E-state index is 12.3. The standard InChI is InChI=1S/C20H14N4O2/c25-20(17-8-6-16(7-9-17)15-4-2-1-3-5-15)26-19-12-10-18(11-13-19)24-14-21-22-23-24/h1-14H. The highest BCUT2D eigenvalue weighted by molar-refractivity contribution is 5.91. The summed E-state index contributed by atoms with van der Waals surface area (Å²) >= 11 is 0. The van der Waals surface area contributed by atoms with Crippen molar-refractivity contribution in [3.63, 3.8) is 0 Å². The monoisotopic (exact) mass is 342 g/mol. The molecule has 0 saturated carbocycles. The molecule has 126 valence electrons. The first-order valence-electron chi connectivity index (χ1n) is 8.01. The van der Waals surface area contributed by atoms with E-state index in [4.69, 9.17) is 4.74 Å². The van der Waals surface area contributed by atoms with Crippen molar-refractivity contribution >= 4 is 5.97 Å². The van der Waals surface area contributed by atoms with Crippen LogP contribution in [-0.2, 0) is 0 Å². The third-order valence-electron chi connectivity index (χ3n) is 3.89. The lowest BCUT2D eigenvalue weighted by atomic mass is 10.0. The lowest BCUT2D eigenvalue weighted by Gasteiger charge is -2.07. The van der Waals surface area contributed by atoms with Crippen LogP contribution in [0.15, 0.2) is 85.2 Å². The van der Waals surface area contributed by atoms with Gasteiger partial charge in [0.05, 0.1) is 11.3 Å². The number of aromatic nitrogens is 4. The minimum Gasteiger partial charge on any atom is -0.423 e. The number of nitrogens with zero attached hydrogens (tertiary/aromatic N) is 4. The number of carbonyl (C=O) groups excluding carboxylic acids is 1. The van der Waals surface area contributed by atoms with E-state index in [0.717, 1.165) is 16.8 Å². The van der Waals surface area contributed by atoms with Gasteiger partial charge < -0.3 is 4.74 Å². The van der Waals surface area contributed by atoms with E-state index in [-0.39, 0.29) is 0 Å². The van der Waals surface area contributed by atoms with E-state index in [0.29, 0.717) is 11.3 Å². The number of tetrazole rings is 1. The lowest BCUT2D eigenvalue weighted by Crippen LogP contribution is -2.08. The van der Waals surface area contributed by atoms with Crippen LogP contribution in [0.5, 0.6) is 5.75 Å². The maximum atomic E-state index is 12.3. The first-order valence-corrected chi connectivity index (χ1v) is 8.01. The molecule has 0 saturated heterocycles. The molecule has 1 aromatic heterocycles. The molecule has 0 unspecified atom stereocenters. The van der Waals surface area contributed by atoms with Crippen molar-refractivity contribution in [1.29, 1.82) is 0 Å². The van der Waals surface area contributed by atoms with Gasteiger partial charge in [0.25, 0.3) is 0 Å². The number of benzene rings is 3. The molecule has 3 aromatic carbocycles. The van der Waals surface area contributed by atoms with Gasteiger partial charge >= 0.3 is 5.97 Å². The Morgan fingerprint density at radius 1 is 0.808 bits per heavy atom. The fourth-order valence-corrected chi connectivity index (χ4v) is 2.54. The van der Waals surface area contributed by atoms with Gasteiger partial charge in [-0.2, -0.15) is 0 Å². The number of carbonyl (C=O) groups is 1. The van der Waals surface area contributed by atoms with Crippen molar-refractivity contribution in [2.75, 3.05) is 0 Å². The average molecular weight is 342 g/mol. The first kappa shape index (κ1) is 15.7. The fourth-order valence-electron chi connectivity index (χ4n) is 2.54. The minimum absolute atomic E-state index is 0.403. The molecule has 0 aliphatic rings. The van der Waals surface area contributed by atoms with E-state index < -0.39 is 5.97 Å². The highest BCUT2D eigenvalue weighted by Crippen LogP contribution is 2.20. The molecule has 6 nitrogen and oxygen atoms in total. The summed E-state index contributed by atoms with van der Waals surface area (Å²) < 4.78 is 6.94. The molecule has 0 spiro atoms. The summed E-state index contributed by atoms with van der Waals surface area (Å²) in [6.45, 7) is 0. The third-order valence-corrected chi connectivity index (χ3v) is 3.89. The van der Waals surface area contributed by atoms with Gasteiger partial charge in [0.1, 0.15) is 12.1 Å². The number of hydrogen-bond donors (Lipinski definition) is 0. The molecule has 0 aliphatic carbocycles. The van der Waals surface area contributed by atoms with Gasteiger partial charge in [-0.15, -0.1) is 5.10 Å². The molecular weight excluding hydrogens is 328 g/mol. The van der Waals surface area contributed by atoms with Crippen molar-refractivity contribution in [3.8, 4) is 22.6 Å². The maximum Gasteiger partial charge on any atom is 0.343 e. The predicted octanol–water partition coefficient (Wildman–Crippen LogP) is 3.55. The van der Waals surface area contributed by atoms with Crippen LogP contribution in [0.25, 0.3) is 16.8 Å². The summed E-state index contributed by atoms with van der Waals surface area (Å²) in [5, 5.41) is 11.0. The van der Waals surface area contributed by atoms with E-state index >= 15 is 0 Å². The highest BCUT2D eigenvalue weighted by atomic mass is 16.5. The molecule has 4 aromatic rings. The number of hydrogen-bond acceptors (Lipinski definition) is 5. The first-order chi connectivity index (χ1) is 12.8. The molecule has 0 N–H and O–H groups in total. The van der Waals surface area contributed by atoms with Crippen LogP contribution in [-0.4, -0.2) is 26.2 Å². The number of ether oxygens (including phenoxy) is 1. The van der Waals surface area contributed by atoms with E-state index in [1.807, 2.05) is 42.5 Å². The molecule has 26 heavy (non-hydrogen) atoms. The summed E-state index contributed by atoms with van der Waals surface area (Å²) in [6, 6.07) is 24.3. The summed E-state index contributed by atoms with van der Waals surface area (Å²) in [5.41, 5.74) is 3.43. The Morgan fingerprint density at radius 2 is 1.50 bits per heavy atom. The Bertz CT molecular complexity index is 996. The van der Waals surface area contributed by atoms with Crippen LogP contribution in [0.2, 0.25) is 0 Å². The molecule has 0 bridgehead atoms. The topological polar surface area (TPSA) is 69.9 Å².